The molecule has 2 aromatic heterocycles. The molecule has 3 heterocycles. The zero-order valence-electron chi connectivity index (χ0n) is 12.3. The zero-order chi connectivity index (χ0) is 14.8. The van der Waals surface area contributed by atoms with Crippen molar-refractivity contribution in [1.82, 2.24) is 30.0 Å². The van der Waals surface area contributed by atoms with E-state index in [2.05, 4.69) is 20.7 Å². The lowest BCUT2D eigenvalue weighted by Crippen LogP contribution is -2.33. The number of fused-ring (bicyclic) bond motifs is 1. The summed E-state index contributed by atoms with van der Waals surface area (Å²) in [6.07, 6.45) is 3.51. The highest BCUT2D eigenvalue weighted by molar-refractivity contribution is 5.76. The Balaban J connectivity index is 1.82. The molecule has 7 heteroatoms. The summed E-state index contributed by atoms with van der Waals surface area (Å²) in [7, 11) is 0. The quantitative estimate of drug-likeness (QED) is 0.852. The van der Waals surface area contributed by atoms with Crippen molar-refractivity contribution >= 4 is 5.91 Å². The van der Waals surface area contributed by atoms with Gasteiger partial charge in [-0.1, -0.05) is 0 Å². The number of hydrogen-bond donors (Lipinski definition) is 2. The average Bonchev–Trinajstić information content (AvgIpc) is 3.02. The molecule has 0 radical (unpaired) electrons. The van der Waals surface area contributed by atoms with Crippen LogP contribution in [0, 0.1) is 0 Å². The van der Waals surface area contributed by atoms with Gasteiger partial charge in [0.25, 0.3) is 0 Å². The van der Waals surface area contributed by atoms with Gasteiger partial charge in [-0.15, -0.1) is 0 Å². The number of carbonyl (C=O) groups excluding carboxylic acids is 1. The van der Waals surface area contributed by atoms with E-state index in [1.165, 1.54) is 0 Å². The van der Waals surface area contributed by atoms with Crippen LogP contribution in [0.15, 0.2) is 18.5 Å². The van der Waals surface area contributed by atoms with Crippen molar-refractivity contribution in [3.63, 3.8) is 0 Å². The Morgan fingerprint density at radius 3 is 3.14 bits per heavy atom. The lowest BCUT2D eigenvalue weighted by molar-refractivity contribution is -0.122. The second-order valence-electron chi connectivity index (χ2n) is 5.52. The van der Waals surface area contributed by atoms with Gasteiger partial charge in [-0.25, -0.2) is 4.98 Å². The van der Waals surface area contributed by atoms with E-state index in [0.717, 1.165) is 36.8 Å². The van der Waals surface area contributed by atoms with Crippen LogP contribution < -0.4 is 10.6 Å². The largest absolute Gasteiger partial charge is 0.352 e. The molecule has 0 saturated heterocycles. The van der Waals surface area contributed by atoms with E-state index >= 15 is 0 Å². The van der Waals surface area contributed by atoms with Crippen LogP contribution in [0.25, 0.3) is 11.5 Å². The van der Waals surface area contributed by atoms with Crippen LogP contribution in [0.1, 0.15) is 19.5 Å². The molecule has 0 unspecified atom stereocenters. The van der Waals surface area contributed by atoms with Gasteiger partial charge >= 0.3 is 0 Å². The summed E-state index contributed by atoms with van der Waals surface area (Å²) in [5, 5.41) is 10.8. The van der Waals surface area contributed by atoms with E-state index in [1.54, 1.807) is 6.20 Å². The van der Waals surface area contributed by atoms with Gasteiger partial charge in [0, 0.05) is 31.5 Å². The van der Waals surface area contributed by atoms with E-state index < -0.39 is 0 Å². The molecular formula is C14H20N6O. The predicted octanol–water partition coefficient (Wildman–Crippen LogP) is 0.374. The minimum atomic E-state index is -0.0186. The molecule has 0 saturated carbocycles. The highest BCUT2D eigenvalue weighted by Crippen LogP contribution is 2.18. The molecule has 1 aliphatic heterocycles. The number of nitrogens with one attached hydrogen (secondary N) is 2. The predicted molar refractivity (Wildman–Crippen MR) is 78.4 cm³/mol. The lowest BCUT2D eigenvalue weighted by atomic mass is 10.3. The van der Waals surface area contributed by atoms with E-state index in [1.807, 2.05) is 35.4 Å². The van der Waals surface area contributed by atoms with Gasteiger partial charge in [-0.05, 0) is 19.9 Å². The number of imidazole rings is 1. The Kier molecular flexibility index (Phi) is 3.74. The van der Waals surface area contributed by atoms with Gasteiger partial charge < -0.3 is 15.2 Å². The van der Waals surface area contributed by atoms with E-state index in [9.17, 15) is 4.79 Å². The highest BCUT2D eigenvalue weighted by atomic mass is 16.2. The van der Waals surface area contributed by atoms with Crippen molar-refractivity contribution in [1.29, 1.82) is 0 Å². The number of rotatable bonds is 4. The third kappa shape index (κ3) is 2.97. The fourth-order valence-corrected chi connectivity index (χ4v) is 2.49. The topological polar surface area (TPSA) is 76.8 Å². The molecule has 0 aromatic carbocycles. The van der Waals surface area contributed by atoms with Gasteiger partial charge in [-0.2, -0.15) is 5.10 Å². The minimum Gasteiger partial charge on any atom is -0.352 e. The van der Waals surface area contributed by atoms with Crippen molar-refractivity contribution in [2.24, 2.45) is 0 Å². The minimum absolute atomic E-state index is 0.0186. The molecule has 7 nitrogen and oxygen atoms in total. The number of amides is 1. The van der Waals surface area contributed by atoms with Crippen LogP contribution in [-0.2, 0) is 24.4 Å². The maximum absolute atomic E-state index is 11.9. The van der Waals surface area contributed by atoms with Crippen molar-refractivity contribution in [3.05, 3.63) is 24.2 Å². The zero-order valence-corrected chi connectivity index (χ0v) is 12.3. The molecule has 0 aliphatic carbocycles. The summed E-state index contributed by atoms with van der Waals surface area (Å²) < 4.78 is 3.83. The van der Waals surface area contributed by atoms with Crippen LogP contribution in [0.5, 0.6) is 0 Å². The Morgan fingerprint density at radius 2 is 2.38 bits per heavy atom. The van der Waals surface area contributed by atoms with Gasteiger partial charge in [0.1, 0.15) is 12.2 Å². The van der Waals surface area contributed by atoms with Crippen LogP contribution in [-0.4, -0.2) is 37.8 Å². The smallest absolute Gasteiger partial charge is 0.240 e. The normalized spacial score (nSPS) is 14.2. The lowest BCUT2D eigenvalue weighted by Gasteiger charge is -2.13. The second kappa shape index (κ2) is 5.69. The Labute approximate surface area is 123 Å². The summed E-state index contributed by atoms with van der Waals surface area (Å²) >= 11 is 0. The molecule has 3 rings (SSSR count). The van der Waals surface area contributed by atoms with Gasteiger partial charge in [0.2, 0.25) is 5.91 Å². The van der Waals surface area contributed by atoms with Crippen LogP contribution in [0.4, 0.5) is 0 Å². The van der Waals surface area contributed by atoms with Gasteiger partial charge in [0.15, 0.2) is 5.82 Å². The number of aromatic nitrogens is 4. The molecular weight excluding hydrogens is 268 g/mol. The first-order chi connectivity index (χ1) is 10.1. The van der Waals surface area contributed by atoms with Crippen LogP contribution >= 0.6 is 0 Å². The van der Waals surface area contributed by atoms with Crippen LogP contribution in [0.3, 0.4) is 0 Å². The third-order valence-electron chi connectivity index (χ3n) is 3.38. The van der Waals surface area contributed by atoms with Crippen molar-refractivity contribution < 1.29 is 4.79 Å². The summed E-state index contributed by atoms with van der Waals surface area (Å²) in [5.74, 6) is 0.714. The highest BCUT2D eigenvalue weighted by Gasteiger charge is 2.17. The van der Waals surface area contributed by atoms with E-state index in [0.29, 0.717) is 0 Å². The maximum atomic E-state index is 11.9. The van der Waals surface area contributed by atoms with E-state index in [-0.39, 0.29) is 18.5 Å². The van der Waals surface area contributed by atoms with Crippen molar-refractivity contribution in [2.45, 2.75) is 39.5 Å². The molecule has 21 heavy (non-hydrogen) atoms. The summed E-state index contributed by atoms with van der Waals surface area (Å²) in [4.78, 5) is 16.3. The molecule has 2 N–H and O–H groups in total. The molecule has 0 atom stereocenters. The second-order valence-corrected chi connectivity index (χ2v) is 5.52. The Hall–Kier alpha value is -2.15. The molecule has 2 aromatic rings. The Bertz CT molecular complexity index is 618. The standard InChI is InChI=1S/C14H20N6O/c1-10(2)17-13(21)9-19-5-4-16-14(19)12-7-11-8-15-3-6-20(11)18-12/h4-5,7,10,15H,3,6,8-9H2,1-2H3,(H,17,21). The number of hydrogen-bond acceptors (Lipinski definition) is 4. The first-order valence-corrected chi connectivity index (χ1v) is 7.22. The summed E-state index contributed by atoms with van der Waals surface area (Å²) in [6, 6.07) is 2.17. The molecule has 1 amide bonds. The molecule has 0 fully saturated rings. The summed E-state index contributed by atoms with van der Waals surface area (Å²) in [5.41, 5.74) is 1.97. The first kappa shape index (κ1) is 13.8. The van der Waals surface area contributed by atoms with E-state index in [4.69, 9.17) is 0 Å². The fraction of sp³-hybridized carbons (Fsp3) is 0.500. The average molecular weight is 288 g/mol. The molecule has 0 spiro atoms. The molecule has 112 valence electrons. The van der Waals surface area contributed by atoms with Gasteiger partial charge in [-0.3, -0.25) is 9.48 Å². The Morgan fingerprint density at radius 1 is 1.52 bits per heavy atom. The van der Waals surface area contributed by atoms with Gasteiger partial charge in [0.05, 0.1) is 12.2 Å². The van der Waals surface area contributed by atoms with Crippen LogP contribution in [0.2, 0.25) is 0 Å². The molecule has 1 aliphatic rings. The fourth-order valence-electron chi connectivity index (χ4n) is 2.49. The third-order valence-corrected chi connectivity index (χ3v) is 3.38. The number of carbonyl (C=O) groups is 1. The first-order valence-electron chi connectivity index (χ1n) is 7.22. The monoisotopic (exact) mass is 288 g/mol. The molecule has 0 bridgehead atoms. The SMILES string of the molecule is CC(C)NC(=O)Cn1ccnc1-c1cc2n(n1)CCNC2. The number of nitrogens with zero attached hydrogens (tertiary/aromatic N) is 4. The van der Waals surface area contributed by atoms with Crippen molar-refractivity contribution in [3.8, 4) is 11.5 Å². The van der Waals surface area contributed by atoms with Crippen molar-refractivity contribution in [2.75, 3.05) is 6.54 Å². The maximum Gasteiger partial charge on any atom is 0.240 e. The summed E-state index contributed by atoms with van der Waals surface area (Å²) in [6.45, 7) is 6.77.